The average Bonchev–Trinajstić information content (AvgIpc) is 2.83. The second-order valence-corrected chi connectivity index (χ2v) is 4.63. The number of hydrogen-bond acceptors (Lipinski definition) is 2. The summed E-state index contributed by atoms with van der Waals surface area (Å²) >= 11 is 0. The van der Waals surface area contributed by atoms with Crippen LogP contribution in [0.5, 0.6) is 0 Å². The van der Waals surface area contributed by atoms with Crippen LogP contribution in [0.1, 0.15) is 11.3 Å². The van der Waals surface area contributed by atoms with Crippen molar-refractivity contribution in [2.45, 2.75) is 0 Å². The summed E-state index contributed by atoms with van der Waals surface area (Å²) in [5, 5.41) is 21.9. The zero-order chi connectivity index (χ0) is 14.7. The van der Waals surface area contributed by atoms with Crippen molar-refractivity contribution in [1.82, 2.24) is 4.85 Å². The average molecular weight is 278 g/mol. The van der Waals surface area contributed by atoms with E-state index < -0.39 is 0 Å². The molecule has 4 nitrogen and oxygen atoms in total. The van der Waals surface area contributed by atoms with Crippen molar-refractivity contribution in [2.24, 2.45) is 0 Å². The molecule has 2 aromatic carbocycles. The molecule has 1 N–H and O–H groups in total. The zero-order valence-electron chi connectivity index (χ0n) is 11.3. The predicted molar refractivity (Wildman–Crippen MR) is 81.4 cm³/mol. The van der Waals surface area contributed by atoms with Crippen molar-refractivity contribution in [2.75, 3.05) is 0 Å². The summed E-state index contributed by atoms with van der Waals surface area (Å²) in [6, 6.07) is 20.6. The van der Waals surface area contributed by atoms with E-state index in [0.29, 0.717) is 21.1 Å². The van der Waals surface area contributed by atoms with Crippen LogP contribution in [-0.4, -0.2) is 10.1 Å². The van der Waals surface area contributed by atoms with E-state index in [0.717, 1.165) is 11.1 Å². The summed E-state index contributed by atoms with van der Waals surface area (Å²) in [6.45, 7) is 0. The molecule has 1 aromatic heterocycles. The van der Waals surface area contributed by atoms with Gasteiger partial charge in [0.05, 0.1) is 0 Å². The van der Waals surface area contributed by atoms with Gasteiger partial charge in [0.25, 0.3) is 0 Å². The van der Waals surface area contributed by atoms with E-state index in [2.05, 4.69) is 0 Å². The monoisotopic (exact) mass is 278 g/mol. The van der Waals surface area contributed by atoms with E-state index in [-0.39, 0.29) is 0 Å². The van der Waals surface area contributed by atoms with E-state index in [9.17, 15) is 10.4 Å². The largest absolute Gasteiger partial charge is 0.593 e. The molecule has 0 saturated carbocycles. The smallest absolute Gasteiger partial charge is 0.248 e. The minimum atomic E-state index is 0.375. The van der Waals surface area contributed by atoms with Gasteiger partial charge in [-0.3, -0.25) is 0 Å². The van der Waals surface area contributed by atoms with Gasteiger partial charge >= 0.3 is 0 Å². The minimum absolute atomic E-state index is 0.375. The Morgan fingerprint density at radius 3 is 2.19 bits per heavy atom. The fourth-order valence-corrected chi connectivity index (χ4v) is 2.13. The van der Waals surface area contributed by atoms with Gasteiger partial charge in [0.2, 0.25) is 5.69 Å². The highest BCUT2D eigenvalue weighted by Gasteiger charge is 2.17. The Morgan fingerprint density at radius 1 is 0.905 bits per heavy atom. The lowest BCUT2D eigenvalue weighted by Gasteiger charge is -1.99. The third kappa shape index (κ3) is 2.65. The summed E-state index contributed by atoms with van der Waals surface area (Å²) in [7, 11) is 0. The van der Waals surface area contributed by atoms with Gasteiger partial charge in [-0.2, -0.15) is 0 Å². The van der Waals surface area contributed by atoms with Gasteiger partial charge in [0, 0.05) is 22.6 Å². The lowest BCUT2D eigenvalue weighted by atomic mass is 10.1. The standard InChI is InChI=1S/C17H14N2O2/c20-18-16(12-11-14-7-3-1-4-8-14)13-17(19(18)21)15-9-5-2-6-10-15/h1-13,21H/b12-11+. The molecule has 0 aliphatic carbocycles. The number of rotatable bonds is 3. The second-order valence-electron chi connectivity index (χ2n) is 4.63. The van der Waals surface area contributed by atoms with Gasteiger partial charge in [-0.15, -0.1) is 0 Å². The SMILES string of the molecule is [O-][n+]1c(/C=C/c2ccccc2)cc(-c2ccccc2)n1O. The van der Waals surface area contributed by atoms with Crippen LogP contribution in [0.2, 0.25) is 0 Å². The third-order valence-corrected chi connectivity index (χ3v) is 3.21. The normalized spacial score (nSPS) is 11.0. The first kappa shape index (κ1) is 13.0. The quantitative estimate of drug-likeness (QED) is 0.454. The van der Waals surface area contributed by atoms with Gasteiger partial charge < -0.3 is 10.4 Å². The van der Waals surface area contributed by atoms with E-state index in [4.69, 9.17) is 0 Å². The van der Waals surface area contributed by atoms with Crippen LogP contribution in [0.3, 0.4) is 0 Å². The van der Waals surface area contributed by atoms with E-state index in [1.165, 1.54) is 0 Å². The Hall–Kier alpha value is -3.01. The number of benzene rings is 2. The van der Waals surface area contributed by atoms with E-state index >= 15 is 0 Å². The van der Waals surface area contributed by atoms with Crippen molar-refractivity contribution in [3.63, 3.8) is 0 Å². The molecule has 3 aromatic rings. The Labute approximate surface area is 122 Å². The molecule has 0 spiro atoms. The zero-order valence-corrected chi connectivity index (χ0v) is 11.3. The molecule has 0 amide bonds. The third-order valence-electron chi connectivity index (χ3n) is 3.21. The first-order valence-electron chi connectivity index (χ1n) is 6.59. The minimum Gasteiger partial charge on any atom is -0.593 e. The fourth-order valence-electron chi connectivity index (χ4n) is 2.13. The van der Waals surface area contributed by atoms with Crippen LogP contribution in [0.4, 0.5) is 0 Å². The highest BCUT2D eigenvalue weighted by molar-refractivity contribution is 5.69. The summed E-state index contributed by atoms with van der Waals surface area (Å²) in [5.74, 6) is 0. The molecule has 104 valence electrons. The maximum atomic E-state index is 12.0. The fraction of sp³-hybridized carbons (Fsp3) is 0. The molecule has 0 atom stereocenters. The molecule has 4 heteroatoms. The van der Waals surface area contributed by atoms with Gasteiger partial charge in [0.15, 0.2) is 5.69 Å². The van der Waals surface area contributed by atoms with E-state index in [1.807, 2.05) is 66.7 Å². The van der Waals surface area contributed by atoms with Crippen LogP contribution >= 0.6 is 0 Å². The Kier molecular flexibility index (Phi) is 3.43. The van der Waals surface area contributed by atoms with Gasteiger partial charge in [-0.25, -0.2) is 0 Å². The van der Waals surface area contributed by atoms with E-state index in [1.54, 1.807) is 12.1 Å². The van der Waals surface area contributed by atoms with Crippen LogP contribution in [0, 0.1) is 5.21 Å². The van der Waals surface area contributed by atoms with Crippen LogP contribution < -0.4 is 4.85 Å². The van der Waals surface area contributed by atoms with Crippen molar-refractivity contribution in [3.05, 3.63) is 83.2 Å². The van der Waals surface area contributed by atoms with Crippen LogP contribution in [0.15, 0.2) is 66.7 Å². The summed E-state index contributed by atoms with van der Waals surface area (Å²) in [5.41, 5.74) is 2.60. The molecule has 21 heavy (non-hydrogen) atoms. The predicted octanol–water partition coefficient (Wildman–Crippen LogP) is 3.20. The second kappa shape index (κ2) is 5.54. The molecule has 0 bridgehead atoms. The van der Waals surface area contributed by atoms with Crippen molar-refractivity contribution >= 4 is 12.2 Å². The molecule has 0 aliphatic rings. The lowest BCUT2D eigenvalue weighted by molar-refractivity contribution is -0.725. The molecule has 0 fully saturated rings. The Balaban J connectivity index is 1.96. The molecule has 3 rings (SSSR count). The van der Waals surface area contributed by atoms with Crippen LogP contribution in [-0.2, 0) is 0 Å². The van der Waals surface area contributed by atoms with Crippen LogP contribution in [0.25, 0.3) is 23.4 Å². The Bertz CT molecular complexity index is 762. The molecule has 0 unspecified atom stereocenters. The molecule has 1 heterocycles. The molecular weight excluding hydrogens is 264 g/mol. The van der Waals surface area contributed by atoms with Gasteiger partial charge in [-0.1, -0.05) is 60.7 Å². The highest BCUT2D eigenvalue weighted by Crippen LogP contribution is 2.19. The first-order chi connectivity index (χ1) is 10.3. The molecule has 0 saturated heterocycles. The highest BCUT2D eigenvalue weighted by atomic mass is 16.6. The molecule has 0 aliphatic heterocycles. The summed E-state index contributed by atoms with van der Waals surface area (Å²) in [4.78, 5) is 1.07. The summed E-state index contributed by atoms with van der Waals surface area (Å²) in [6.07, 6.45) is 3.51. The number of hydrogen-bond donors (Lipinski definition) is 1. The molecular formula is C17H14N2O2. The topological polar surface area (TPSA) is 52.1 Å². The lowest BCUT2D eigenvalue weighted by Crippen LogP contribution is -2.38. The first-order valence-corrected chi connectivity index (χ1v) is 6.59. The van der Waals surface area contributed by atoms with Crippen molar-refractivity contribution in [3.8, 4) is 11.3 Å². The molecule has 0 radical (unpaired) electrons. The number of aromatic nitrogens is 2. The van der Waals surface area contributed by atoms with Crippen molar-refractivity contribution in [1.29, 1.82) is 0 Å². The van der Waals surface area contributed by atoms with Crippen molar-refractivity contribution < 1.29 is 10.1 Å². The summed E-state index contributed by atoms with van der Waals surface area (Å²) < 4.78 is 0. The maximum Gasteiger partial charge on any atom is 0.248 e. The number of nitrogens with zero attached hydrogens (tertiary/aromatic N) is 2. The maximum absolute atomic E-state index is 12.0. The Morgan fingerprint density at radius 2 is 1.52 bits per heavy atom. The van der Waals surface area contributed by atoms with Gasteiger partial charge in [0.1, 0.15) is 0 Å². The van der Waals surface area contributed by atoms with Gasteiger partial charge in [-0.05, 0) is 16.5 Å².